The number of H-pyrrole nitrogens is 1. The van der Waals surface area contributed by atoms with Crippen LogP contribution in [0.1, 0.15) is 69.5 Å². The van der Waals surface area contributed by atoms with Gasteiger partial charge in [0.2, 0.25) is 5.91 Å². The highest BCUT2D eigenvalue weighted by Crippen LogP contribution is 2.42. The van der Waals surface area contributed by atoms with Crippen LogP contribution < -0.4 is 15.4 Å². The Labute approximate surface area is 248 Å². The van der Waals surface area contributed by atoms with Crippen LogP contribution in [0.4, 0.5) is 9.59 Å². The number of urea groups is 1. The van der Waals surface area contributed by atoms with E-state index in [9.17, 15) is 14.4 Å². The Hall–Kier alpha value is -3.76. The number of carbonyl (C=O) groups is 3. The van der Waals surface area contributed by atoms with Crippen molar-refractivity contribution in [2.45, 2.75) is 82.8 Å². The lowest BCUT2D eigenvalue weighted by molar-refractivity contribution is -0.143. The number of nitrogens with zero attached hydrogens (tertiary/aromatic N) is 2. The number of likely N-dealkylation sites (tertiary alicyclic amines) is 1. The minimum atomic E-state index is -0.761. The molecule has 0 radical (unpaired) electrons. The number of aromatic nitrogens is 2. The molecule has 2 aliphatic rings. The summed E-state index contributed by atoms with van der Waals surface area (Å²) in [7, 11) is 1.60. The maximum absolute atomic E-state index is 13.9. The standard InChI is InChI=1S/C31H45N5O6/c1-3-19-41-30(39)42-31(24-7-5-4-6-8-24)14-17-36(18-15-31)28(37)27(20-23-9-11-26(40-2)12-10-23)35-29(38)33-16-13-25-21-32-22-34-25/h9-12,21-22,24,27H,3-8,13-20H2,1-2H3,(H,32,34)(H2,33,35,38). The summed E-state index contributed by atoms with van der Waals surface area (Å²) in [5, 5.41) is 5.75. The number of hydrogen-bond donors (Lipinski definition) is 3. The minimum Gasteiger partial charge on any atom is -0.497 e. The summed E-state index contributed by atoms with van der Waals surface area (Å²) >= 11 is 0. The Morgan fingerprint density at radius 3 is 2.50 bits per heavy atom. The molecule has 3 N–H and O–H groups in total. The summed E-state index contributed by atoms with van der Waals surface area (Å²) in [5.41, 5.74) is 1.18. The van der Waals surface area contributed by atoms with Crippen LogP contribution in [-0.4, -0.2) is 78.0 Å². The SMILES string of the molecule is CCCOC(=O)OC1(C2CCCCC2)CCN(C(=O)C(Cc2ccc(OC)cc2)NC(=O)NCCc2cnc[nH]2)CC1. The molecule has 11 nitrogen and oxygen atoms in total. The van der Waals surface area contributed by atoms with Crippen LogP contribution >= 0.6 is 0 Å². The van der Waals surface area contributed by atoms with Gasteiger partial charge in [-0.3, -0.25) is 4.79 Å². The molecule has 230 valence electrons. The van der Waals surface area contributed by atoms with Crippen LogP contribution in [0.15, 0.2) is 36.8 Å². The van der Waals surface area contributed by atoms with Gasteiger partial charge in [-0.25, -0.2) is 14.6 Å². The molecule has 1 aliphatic heterocycles. The fourth-order valence-electron chi connectivity index (χ4n) is 6.07. The van der Waals surface area contributed by atoms with Crippen molar-refractivity contribution in [2.75, 3.05) is 33.4 Å². The lowest BCUT2D eigenvalue weighted by Gasteiger charge is -2.47. The van der Waals surface area contributed by atoms with E-state index in [0.717, 1.165) is 49.1 Å². The summed E-state index contributed by atoms with van der Waals surface area (Å²) < 4.78 is 16.6. The number of imidazole rings is 1. The third-order valence-corrected chi connectivity index (χ3v) is 8.42. The van der Waals surface area contributed by atoms with Gasteiger partial charge >= 0.3 is 12.2 Å². The molecular weight excluding hydrogens is 538 g/mol. The van der Waals surface area contributed by atoms with Gasteiger partial charge in [0.05, 0.1) is 20.0 Å². The second-order valence-electron chi connectivity index (χ2n) is 11.3. The van der Waals surface area contributed by atoms with E-state index in [-0.39, 0.29) is 11.8 Å². The average molecular weight is 584 g/mol. The Bertz CT molecular complexity index is 1130. The predicted molar refractivity (Wildman–Crippen MR) is 157 cm³/mol. The highest BCUT2D eigenvalue weighted by atomic mass is 16.7. The molecule has 2 aromatic rings. The molecule has 2 fully saturated rings. The van der Waals surface area contributed by atoms with E-state index in [1.807, 2.05) is 31.2 Å². The van der Waals surface area contributed by atoms with E-state index < -0.39 is 23.8 Å². The summed E-state index contributed by atoms with van der Waals surface area (Å²) in [6.07, 6.45) is 10.9. The van der Waals surface area contributed by atoms with Gasteiger partial charge < -0.3 is 34.7 Å². The van der Waals surface area contributed by atoms with Gasteiger partial charge in [0.1, 0.15) is 17.4 Å². The van der Waals surface area contributed by atoms with Crippen molar-refractivity contribution in [3.63, 3.8) is 0 Å². The number of amides is 3. The van der Waals surface area contributed by atoms with E-state index in [2.05, 4.69) is 20.6 Å². The molecule has 2 heterocycles. The number of benzene rings is 1. The maximum atomic E-state index is 13.9. The molecular formula is C31H45N5O6. The number of carbonyl (C=O) groups excluding carboxylic acids is 3. The number of nitrogens with one attached hydrogen (secondary N) is 3. The van der Waals surface area contributed by atoms with Crippen molar-refractivity contribution >= 4 is 18.1 Å². The summed E-state index contributed by atoms with van der Waals surface area (Å²) in [6.45, 7) is 3.56. The Kier molecular flexibility index (Phi) is 11.5. The van der Waals surface area contributed by atoms with Crippen molar-refractivity contribution in [2.24, 2.45) is 5.92 Å². The quantitative estimate of drug-likeness (QED) is 0.316. The topological polar surface area (TPSA) is 135 Å². The Morgan fingerprint density at radius 1 is 1.12 bits per heavy atom. The monoisotopic (exact) mass is 583 g/mol. The smallest absolute Gasteiger partial charge is 0.497 e. The van der Waals surface area contributed by atoms with Crippen molar-refractivity contribution in [3.8, 4) is 5.75 Å². The first-order valence-electron chi connectivity index (χ1n) is 15.2. The first-order chi connectivity index (χ1) is 20.4. The van der Waals surface area contributed by atoms with Gasteiger partial charge in [0, 0.05) is 57.2 Å². The summed E-state index contributed by atoms with van der Waals surface area (Å²) in [6, 6.07) is 6.32. The van der Waals surface area contributed by atoms with Crippen LogP contribution in [0.5, 0.6) is 5.75 Å². The lowest BCUT2D eigenvalue weighted by atomic mass is 9.72. The van der Waals surface area contributed by atoms with Crippen LogP contribution in [0, 0.1) is 5.92 Å². The second-order valence-corrected chi connectivity index (χ2v) is 11.3. The number of rotatable bonds is 12. The molecule has 3 amide bonds. The van der Waals surface area contributed by atoms with Crippen molar-refractivity contribution in [1.29, 1.82) is 0 Å². The Morgan fingerprint density at radius 2 is 1.86 bits per heavy atom. The molecule has 1 aromatic carbocycles. The number of hydrogen-bond acceptors (Lipinski definition) is 7. The van der Waals surface area contributed by atoms with Crippen LogP contribution in [0.25, 0.3) is 0 Å². The lowest BCUT2D eigenvalue weighted by Crippen LogP contribution is -2.58. The fourth-order valence-corrected chi connectivity index (χ4v) is 6.07. The van der Waals surface area contributed by atoms with E-state index >= 15 is 0 Å². The molecule has 1 saturated heterocycles. The molecule has 0 bridgehead atoms. The van der Waals surface area contributed by atoms with Crippen molar-refractivity contribution in [3.05, 3.63) is 48.0 Å². The predicted octanol–water partition coefficient (Wildman–Crippen LogP) is 4.38. The molecule has 42 heavy (non-hydrogen) atoms. The zero-order chi connectivity index (χ0) is 29.8. The molecule has 1 saturated carbocycles. The first kappa shape index (κ1) is 31.2. The van der Waals surface area contributed by atoms with Crippen molar-refractivity contribution < 1.29 is 28.6 Å². The molecule has 1 aromatic heterocycles. The van der Waals surface area contributed by atoms with Gasteiger partial charge in [-0.2, -0.15) is 0 Å². The van der Waals surface area contributed by atoms with Crippen LogP contribution in [0.3, 0.4) is 0 Å². The average Bonchev–Trinajstić information content (AvgIpc) is 3.54. The van der Waals surface area contributed by atoms with Crippen LogP contribution in [0.2, 0.25) is 0 Å². The largest absolute Gasteiger partial charge is 0.508 e. The second kappa shape index (κ2) is 15.5. The van der Waals surface area contributed by atoms with Gasteiger partial charge in [-0.1, -0.05) is 38.3 Å². The molecule has 1 aliphatic carbocycles. The number of piperidine rings is 1. The van der Waals surface area contributed by atoms with Gasteiger partial charge in [0.25, 0.3) is 0 Å². The van der Waals surface area contributed by atoms with E-state index in [0.29, 0.717) is 51.9 Å². The van der Waals surface area contributed by atoms with Gasteiger partial charge in [-0.15, -0.1) is 0 Å². The van der Waals surface area contributed by atoms with Gasteiger partial charge in [-0.05, 0) is 42.9 Å². The number of ether oxygens (including phenoxy) is 3. The highest BCUT2D eigenvalue weighted by molar-refractivity contribution is 5.87. The first-order valence-corrected chi connectivity index (χ1v) is 15.2. The minimum absolute atomic E-state index is 0.152. The molecule has 0 spiro atoms. The molecule has 1 atom stereocenters. The van der Waals surface area contributed by atoms with E-state index in [1.54, 1.807) is 24.5 Å². The zero-order valence-corrected chi connectivity index (χ0v) is 24.9. The molecule has 11 heteroatoms. The molecule has 4 rings (SSSR count). The summed E-state index contributed by atoms with van der Waals surface area (Å²) in [5.74, 6) is 0.825. The van der Waals surface area contributed by atoms with Crippen molar-refractivity contribution in [1.82, 2.24) is 25.5 Å². The third-order valence-electron chi connectivity index (χ3n) is 8.42. The normalized spacial score (nSPS) is 17.6. The number of aromatic amines is 1. The zero-order valence-electron chi connectivity index (χ0n) is 24.9. The highest BCUT2D eigenvalue weighted by Gasteiger charge is 2.46. The van der Waals surface area contributed by atoms with E-state index in [1.165, 1.54) is 6.42 Å². The Balaban J connectivity index is 1.42. The molecule has 1 unspecified atom stereocenters. The third kappa shape index (κ3) is 8.62. The summed E-state index contributed by atoms with van der Waals surface area (Å²) in [4.78, 5) is 48.1. The van der Waals surface area contributed by atoms with Crippen LogP contribution in [-0.2, 0) is 27.1 Å². The number of methoxy groups -OCH3 is 1. The van der Waals surface area contributed by atoms with E-state index in [4.69, 9.17) is 14.2 Å². The fraction of sp³-hybridized carbons (Fsp3) is 0.613. The maximum Gasteiger partial charge on any atom is 0.508 e. The van der Waals surface area contributed by atoms with Gasteiger partial charge in [0.15, 0.2) is 0 Å².